The van der Waals surface area contributed by atoms with Gasteiger partial charge in [-0.2, -0.15) is 5.10 Å². The third-order valence-electron chi connectivity index (χ3n) is 3.54. The van der Waals surface area contributed by atoms with Gasteiger partial charge in [-0.3, -0.25) is 4.79 Å². The van der Waals surface area contributed by atoms with Crippen LogP contribution in [0.3, 0.4) is 0 Å². The summed E-state index contributed by atoms with van der Waals surface area (Å²) in [6.45, 7) is 0.574. The number of nitrogens with one attached hydrogen (secondary N) is 1. The zero-order valence-electron chi connectivity index (χ0n) is 12.7. The summed E-state index contributed by atoms with van der Waals surface area (Å²) in [5.41, 5.74) is 2.00. The van der Waals surface area contributed by atoms with E-state index in [1.165, 1.54) is 0 Å². The molecule has 0 atom stereocenters. The highest BCUT2D eigenvalue weighted by Gasteiger charge is 2.10. The number of amides is 1. The predicted molar refractivity (Wildman–Crippen MR) is 99.3 cm³/mol. The lowest BCUT2D eigenvalue weighted by Crippen LogP contribution is -2.18. The van der Waals surface area contributed by atoms with Gasteiger partial charge in [-0.15, -0.1) is 0 Å². The number of nitrogens with zero attached hydrogens (tertiary/aromatic N) is 2. The van der Waals surface area contributed by atoms with E-state index in [0.29, 0.717) is 17.4 Å². The van der Waals surface area contributed by atoms with Crippen LogP contribution in [0.25, 0.3) is 0 Å². The van der Waals surface area contributed by atoms with Gasteiger partial charge in [0.05, 0.1) is 19.2 Å². The third kappa shape index (κ3) is 4.24. The Kier molecular flexibility index (Phi) is 5.33. The number of carbonyl (C=O) groups is 1. The standard InChI is InChI=1S/C18H15BrClN3O/c19-16-4-2-1-3-14(16)12-23-17(9-10-21-23)22-18(24)11-13-5-7-15(20)8-6-13/h1-10H,11-12H2,(H,22,24). The van der Waals surface area contributed by atoms with E-state index in [-0.39, 0.29) is 12.3 Å². The van der Waals surface area contributed by atoms with Crippen molar-refractivity contribution in [1.29, 1.82) is 0 Å². The zero-order valence-corrected chi connectivity index (χ0v) is 15.1. The van der Waals surface area contributed by atoms with Gasteiger partial charge < -0.3 is 5.32 Å². The molecule has 2 aromatic carbocycles. The summed E-state index contributed by atoms with van der Waals surface area (Å²) in [4.78, 5) is 12.2. The second-order valence-electron chi connectivity index (χ2n) is 5.32. The fraction of sp³-hybridized carbons (Fsp3) is 0.111. The van der Waals surface area contributed by atoms with Crippen LogP contribution >= 0.6 is 27.5 Å². The normalized spacial score (nSPS) is 10.6. The van der Waals surface area contributed by atoms with Gasteiger partial charge in [-0.05, 0) is 29.3 Å². The maximum Gasteiger partial charge on any atom is 0.229 e. The summed E-state index contributed by atoms with van der Waals surface area (Å²) in [5, 5.41) is 7.85. The Balaban J connectivity index is 1.68. The highest BCUT2D eigenvalue weighted by molar-refractivity contribution is 9.10. The van der Waals surface area contributed by atoms with Crippen LogP contribution in [0.5, 0.6) is 0 Å². The highest BCUT2D eigenvalue weighted by Crippen LogP contribution is 2.19. The molecule has 6 heteroatoms. The van der Waals surface area contributed by atoms with Gasteiger partial charge in [-0.25, -0.2) is 4.68 Å². The van der Waals surface area contributed by atoms with Gasteiger partial charge in [0.15, 0.2) is 0 Å². The van der Waals surface area contributed by atoms with Crippen LogP contribution in [0.1, 0.15) is 11.1 Å². The van der Waals surface area contributed by atoms with Crippen molar-refractivity contribution >= 4 is 39.3 Å². The number of aromatic nitrogens is 2. The van der Waals surface area contributed by atoms with Crippen LogP contribution in [0.4, 0.5) is 5.82 Å². The Bertz CT molecular complexity index is 845. The first-order chi connectivity index (χ1) is 11.6. The molecule has 0 aliphatic heterocycles. The Hall–Kier alpha value is -2.11. The van der Waals surface area contributed by atoms with Crippen molar-refractivity contribution in [2.24, 2.45) is 0 Å². The highest BCUT2D eigenvalue weighted by atomic mass is 79.9. The summed E-state index contributed by atoms with van der Waals surface area (Å²) in [6.07, 6.45) is 1.96. The van der Waals surface area contributed by atoms with Crippen LogP contribution in [-0.2, 0) is 17.8 Å². The van der Waals surface area contributed by atoms with Gasteiger partial charge in [0.2, 0.25) is 5.91 Å². The lowest BCUT2D eigenvalue weighted by atomic mass is 10.1. The molecular formula is C18H15BrClN3O. The lowest BCUT2D eigenvalue weighted by molar-refractivity contribution is -0.115. The number of benzene rings is 2. The van der Waals surface area contributed by atoms with Crippen molar-refractivity contribution in [1.82, 2.24) is 9.78 Å². The van der Waals surface area contributed by atoms with Crippen molar-refractivity contribution in [3.05, 3.63) is 81.4 Å². The van der Waals surface area contributed by atoms with Gasteiger partial charge in [0, 0.05) is 15.6 Å². The molecule has 122 valence electrons. The van der Waals surface area contributed by atoms with Crippen LogP contribution in [0.2, 0.25) is 5.02 Å². The van der Waals surface area contributed by atoms with Crippen molar-refractivity contribution < 1.29 is 4.79 Å². The molecule has 3 rings (SSSR count). The molecule has 1 aromatic heterocycles. The van der Waals surface area contributed by atoms with E-state index in [9.17, 15) is 4.79 Å². The Morgan fingerprint density at radius 1 is 1.12 bits per heavy atom. The van der Waals surface area contributed by atoms with E-state index in [4.69, 9.17) is 11.6 Å². The summed E-state index contributed by atoms with van der Waals surface area (Å²) < 4.78 is 2.78. The average molecular weight is 405 g/mol. The predicted octanol–water partition coefficient (Wildman–Crippen LogP) is 4.53. The molecule has 24 heavy (non-hydrogen) atoms. The summed E-state index contributed by atoms with van der Waals surface area (Å²) in [5.74, 6) is 0.580. The van der Waals surface area contributed by atoms with Crippen LogP contribution < -0.4 is 5.32 Å². The van der Waals surface area contributed by atoms with Crippen molar-refractivity contribution in [2.45, 2.75) is 13.0 Å². The lowest BCUT2D eigenvalue weighted by Gasteiger charge is -2.10. The summed E-state index contributed by atoms with van der Waals surface area (Å²) in [7, 11) is 0. The number of hydrogen-bond acceptors (Lipinski definition) is 2. The molecular weight excluding hydrogens is 390 g/mol. The number of anilines is 1. The quantitative estimate of drug-likeness (QED) is 0.679. The van der Waals surface area contributed by atoms with E-state index in [1.54, 1.807) is 29.1 Å². The van der Waals surface area contributed by atoms with Crippen LogP contribution in [0.15, 0.2) is 65.3 Å². The molecule has 3 aromatic rings. The molecule has 0 unspecified atom stereocenters. The van der Waals surface area contributed by atoms with Gasteiger partial charge in [0.1, 0.15) is 5.82 Å². The molecule has 0 fully saturated rings. The number of carbonyl (C=O) groups excluding carboxylic acids is 1. The minimum atomic E-state index is -0.0915. The minimum absolute atomic E-state index is 0.0915. The van der Waals surface area contributed by atoms with Gasteiger partial charge in [0.25, 0.3) is 0 Å². The second kappa shape index (κ2) is 7.64. The maximum absolute atomic E-state index is 12.2. The van der Waals surface area contributed by atoms with Crippen LogP contribution in [-0.4, -0.2) is 15.7 Å². The summed E-state index contributed by atoms with van der Waals surface area (Å²) >= 11 is 9.39. The molecule has 0 saturated carbocycles. The van der Waals surface area contributed by atoms with E-state index in [2.05, 4.69) is 26.3 Å². The first kappa shape index (κ1) is 16.7. The molecule has 1 amide bonds. The van der Waals surface area contributed by atoms with Gasteiger partial charge in [-0.1, -0.05) is 57.9 Å². The Labute approximate surface area is 153 Å². The molecule has 1 N–H and O–H groups in total. The zero-order chi connectivity index (χ0) is 16.9. The topological polar surface area (TPSA) is 46.9 Å². The smallest absolute Gasteiger partial charge is 0.229 e. The first-order valence-corrected chi connectivity index (χ1v) is 8.58. The molecule has 0 radical (unpaired) electrons. The SMILES string of the molecule is O=C(Cc1ccc(Cl)cc1)Nc1ccnn1Cc1ccccc1Br. The monoisotopic (exact) mass is 403 g/mol. The molecule has 0 bridgehead atoms. The number of halogens is 2. The van der Waals surface area contributed by atoms with Crippen LogP contribution in [0, 0.1) is 0 Å². The van der Waals surface area contributed by atoms with E-state index in [0.717, 1.165) is 15.6 Å². The number of rotatable bonds is 5. The Morgan fingerprint density at radius 2 is 1.88 bits per heavy atom. The van der Waals surface area contributed by atoms with E-state index in [1.807, 2.05) is 36.4 Å². The fourth-order valence-electron chi connectivity index (χ4n) is 2.33. The molecule has 4 nitrogen and oxygen atoms in total. The first-order valence-electron chi connectivity index (χ1n) is 7.41. The third-order valence-corrected chi connectivity index (χ3v) is 4.57. The van der Waals surface area contributed by atoms with Crippen molar-refractivity contribution in [3.63, 3.8) is 0 Å². The average Bonchev–Trinajstić information content (AvgIpc) is 2.99. The second-order valence-corrected chi connectivity index (χ2v) is 6.61. The van der Waals surface area contributed by atoms with E-state index >= 15 is 0 Å². The minimum Gasteiger partial charge on any atom is -0.311 e. The molecule has 0 saturated heterocycles. The molecule has 0 aliphatic rings. The maximum atomic E-state index is 12.2. The molecule has 0 aliphatic carbocycles. The molecule has 1 heterocycles. The summed E-state index contributed by atoms with van der Waals surface area (Å²) in [6, 6.07) is 17.0. The van der Waals surface area contributed by atoms with Gasteiger partial charge >= 0.3 is 0 Å². The van der Waals surface area contributed by atoms with Crippen molar-refractivity contribution in [2.75, 3.05) is 5.32 Å². The largest absolute Gasteiger partial charge is 0.311 e. The Morgan fingerprint density at radius 3 is 2.62 bits per heavy atom. The van der Waals surface area contributed by atoms with E-state index < -0.39 is 0 Å². The molecule has 0 spiro atoms. The van der Waals surface area contributed by atoms with Crippen molar-refractivity contribution in [3.8, 4) is 0 Å². The fourth-order valence-corrected chi connectivity index (χ4v) is 2.86. The number of hydrogen-bond donors (Lipinski definition) is 1.